The van der Waals surface area contributed by atoms with Gasteiger partial charge in [-0.25, -0.2) is 4.79 Å². The van der Waals surface area contributed by atoms with Gasteiger partial charge in [0.1, 0.15) is 0 Å². The van der Waals surface area contributed by atoms with Crippen molar-refractivity contribution >= 4 is 17.6 Å². The second-order valence-corrected chi connectivity index (χ2v) is 8.81. The van der Waals surface area contributed by atoms with E-state index < -0.39 is 0 Å². The van der Waals surface area contributed by atoms with E-state index in [1.807, 2.05) is 19.1 Å². The molecule has 0 amide bonds. The summed E-state index contributed by atoms with van der Waals surface area (Å²) in [7, 11) is 1.41. The number of carbonyl (C=O) groups excluding carboxylic acids is 2. The number of nitrogens with zero attached hydrogens (tertiary/aromatic N) is 1. The fourth-order valence-electron chi connectivity index (χ4n) is 6.58. The molecule has 2 saturated heterocycles. The van der Waals surface area contributed by atoms with Gasteiger partial charge in [-0.05, 0) is 63.4 Å². The standard InChI is InChI=1S/C23H28N2O4/c1-3-29-19(26)14-22-8-4-11-25-12-10-23(21(22)25)16-6-5-15(20(27)28-2)13-17(16)24-18(23)7-9-22/h5-7,13,21,24H,3-4,8-12,14H2,1-2H3/t21-,22-,23-/m0/s1. The van der Waals surface area contributed by atoms with Gasteiger partial charge in [0, 0.05) is 22.8 Å². The van der Waals surface area contributed by atoms with E-state index in [1.54, 1.807) is 0 Å². The van der Waals surface area contributed by atoms with Gasteiger partial charge in [-0.1, -0.05) is 12.1 Å². The minimum Gasteiger partial charge on any atom is -0.466 e. The number of hydrogen-bond donors (Lipinski definition) is 1. The average Bonchev–Trinajstić information content (AvgIpc) is 3.27. The zero-order valence-corrected chi connectivity index (χ0v) is 17.1. The highest BCUT2D eigenvalue weighted by molar-refractivity contribution is 5.91. The Kier molecular flexibility index (Phi) is 4.24. The first-order valence-electron chi connectivity index (χ1n) is 10.6. The number of ether oxygens (including phenoxy) is 2. The number of allylic oxidation sites excluding steroid dienone is 1. The summed E-state index contributed by atoms with van der Waals surface area (Å²) in [5.41, 5.74) is 3.83. The smallest absolute Gasteiger partial charge is 0.337 e. The maximum atomic E-state index is 12.6. The quantitative estimate of drug-likeness (QED) is 0.788. The number of fused-ring (bicyclic) bond motifs is 1. The van der Waals surface area contributed by atoms with E-state index in [4.69, 9.17) is 9.47 Å². The number of methoxy groups -OCH3 is 1. The number of hydrogen-bond acceptors (Lipinski definition) is 6. The van der Waals surface area contributed by atoms with Crippen molar-refractivity contribution < 1.29 is 19.1 Å². The van der Waals surface area contributed by atoms with Gasteiger partial charge in [0.2, 0.25) is 0 Å². The molecule has 1 aromatic carbocycles. The maximum absolute atomic E-state index is 12.6. The Bertz CT molecular complexity index is 910. The molecule has 154 valence electrons. The third kappa shape index (κ3) is 2.51. The molecule has 1 spiro atoms. The molecular formula is C23H28N2O4. The molecule has 0 aromatic heterocycles. The summed E-state index contributed by atoms with van der Waals surface area (Å²) in [4.78, 5) is 27.2. The molecule has 3 atom stereocenters. The zero-order valence-electron chi connectivity index (χ0n) is 17.1. The number of piperidine rings is 1. The van der Waals surface area contributed by atoms with Gasteiger partial charge < -0.3 is 14.8 Å². The summed E-state index contributed by atoms with van der Waals surface area (Å²) in [6.07, 6.45) is 6.87. The molecule has 6 nitrogen and oxygen atoms in total. The summed E-state index contributed by atoms with van der Waals surface area (Å²) >= 11 is 0. The molecule has 0 saturated carbocycles. The van der Waals surface area contributed by atoms with Gasteiger partial charge in [-0.3, -0.25) is 9.69 Å². The Hall–Kier alpha value is -2.34. The molecule has 2 fully saturated rings. The van der Waals surface area contributed by atoms with E-state index in [1.165, 1.54) is 18.4 Å². The lowest BCUT2D eigenvalue weighted by Crippen LogP contribution is -2.59. The van der Waals surface area contributed by atoms with Crippen LogP contribution in [-0.2, 0) is 19.7 Å². The molecule has 3 aliphatic heterocycles. The minimum absolute atomic E-state index is 0.0829. The van der Waals surface area contributed by atoms with Crippen molar-refractivity contribution in [2.45, 2.75) is 50.5 Å². The molecule has 3 heterocycles. The van der Waals surface area contributed by atoms with Crippen molar-refractivity contribution in [3.63, 3.8) is 0 Å². The van der Waals surface area contributed by atoms with Crippen LogP contribution in [0.15, 0.2) is 30.0 Å². The van der Waals surface area contributed by atoms with E-state index in [-0.39, 0.29) is 28.8 Å². The third-order valence-electron chi connectivity index (χ3n) is 7.51. The molecule has 1 aliphatic carbocycles. The Morgan fingerprint density at radius 1 is 1.28 bits per heavy atom. The fourth-order valence-corrected chi connectivity index (χ4v) is 6.58. The van der Waals surface area contributed by atoms with E-state index in [2.05, 4.69) is 22.4 Å². The normalized spacial score (nSPS) is 31.8. The number of carbonyl (C=O) groups is 2. The van der Waals surface area contributed by atoms with Crippen molar-refractivity contribution in [3.05, 3.63) is 41.1 Å². The van der Waals surface area contributed by atoms with Crippen LogP contribution >= 0.6 is 0 Å². The van der Waals surface area contributed by atoms with Crippen molar-refractivity contribution in [2.75, 3.05) is 32.1 Å². The maximum Gasteiger partial charge on any atom is 0.337 e. The van der Waals surface area contributed by atoms with Crippen LogP contribution in [0.1, 0.15) is 54.9 Å². The van der Waals surface area contributed by atoms with Gasteiger partial charge in [0.15, 0.2) is 0 Å². The highest BCUT2D eigenvalue weighted by Crippen LogP contribution is 2.63. The molecule has 0 radical (unpaired) electrons. The molecule has 1 N–H and O–H groups in total. The second-order valence-electron chi connectivity index (χ2n) is 8.81. The molecule has 0 bridgehead atoms. The van der Waals surface area contributed by atoms with Crippen molar-refractivity contribution in [3.8, 4) is 0 Å². The number of rotatable bonds is 4. The Morgan fingerprint density at radius 3 is 2.93 bits per heavy atom. The van der Waals surface area contributed by atoms with Gasteiger partial charge in [-0.2, -0.15) is 0 Å². The topological polar surface area (TPSA) is 67.9 Å². The van der Waals surface area contributed by atoms with Gasteiger partial charge in [0.05, 0.1) is 31.1 Å². The summed E-state index contributed by atoms with van der Waals surface area (Å²) < 4.78 is 10.3. The van der Waals surface area contributed by atoms with Crippen LogP contribution in [-0.4, -0.2) is 49.7 Å². The van der Waals surface area contributed by atoms with Gasteiger partial charge >= 0.3 is 11.9 Å². The Morgan fingerprint density at radius 2 is 2.14 bits per heavy atom. The molecule has 0 unspecified atom stereocenters. The SMILES string of the molecule is CCOC(=O)C[C@@]12CC=C3Nc4cc(C(=O)OC)ccc4[C@@]34CCN(CCC1)[C@@H]24. The number of esters is 2. The molecule has 1 aromatic rings. The lowest BCUT2D eigenvalue weighted by Gasteiger charge is -2.54. The predicted octanol–water partition coefficient (Wildman–Crippen LogP) is 3.23. The number of nitrogens with one attached hydrogen (secondary N) is 1. The lowest BCUT2D eigenvalue weighted by atomic mass is 9.55. The summed E-state index contributed by atoms with van der Waals surface area (Å²) in [6, 6.07) is 6.16. The minimum atomic E-state index is -0.321. The van der Waals surface area contributed by atoms with Crippen LogP contribution in [0.25, 0.3) is 0 Å². The van der Waals surface area contributed by atoms with E-state index in [0.29, 0.717) is 18.6 Å². The third-order valence-corrected chi connectivity index (χ3v) is 7.51. The molecule has 5 rings (SSSR count). The summed E-state index contributed by atoms with van der Waals surface area (Å²) in [6.45, 7) is 4.41. The molecule has 6 heteroatoms. The van der Waals surface area contributed by atoms with Crippen molar-refractivity contribution in [1.29, 1.82) is 0 Å². The average molecular weight is 396 g/mol. The highest BCUT2D eigenvalue weighted by Gasteiger charge is 2.64. The lowest BCUT2D eigenvalue weighted by molar-refractivity contribution is -0.148. The largest absolute Gasteiger partial charge is 0.466 e. The number of benzene rings is 1. The summed E-state index contributed by atoms with van der Waals surface area (Å²) in [5.74, 6) is -0.404. The predicted molar refractivity (Wildman–Crippen MR) is 109 cm³/mol. The van der Waals surface area contributed by atoms with Crippen LogP contribution < -0.4 is 5.32 Å². The van der Waals surface area contributed by atoms with Crippen LogP contribution in [0.5, 0.6) is 0 Å². The van der Waals surface area contributed by atoms with Gasteiger partial charge in [-0.15, -0.1) is 0 Å². The van der Waals surface area contributed by atoms with E-state index >= 15 is 0 Å². The van der Waals surface area contributed by atoms with Crippen molar-refractivity contribution in [1.82, 2.24) is 4.90 Å². The fraction of sp³-hybridized carbons (Fsp3) is 0.565. The first-order valence-corrected chi connectivity index (χ1v) is 10.6. The zero-order chi connectivity index (χ0) is 20.2. The summed E-state index contributed by atoms with van der Waals surface area (Å²) in [5, 5.41) is 3.61. The first-order chi connectivity index (χ1) is 14.0. The van der Waals surface area contributed by atoms with Crippen LogP contribution in [0.2, 0.25) is 0 Å². The molecule has 29 heavy (non-hydrogen) atoms. The highest BCUT2D eigenvalue weighted by atomic mass is 16.5. The van der Waals surface area contributed by atoms with E-state index in [9.17, 15) is 9.59 Å². The van der Waals surface area contributed by atoms with Crippen molar-refractivity contribution in [2.24, 2.45) is 5.41 Å². The first kappa shape index (κ1) is 18.7. The van der Waals surface area contributed by atoms with Crippen LogP contribution in [0.3, 0.4) is 0 Å². The second kappa shape index (κ2) is 6.59. The van der Waals surface area contributed by atoms with Crippen LogP contribution in [0.4, 0.5) is 5.69 Å². The molecule has 4 aliphatic rings. The Balaban J connectivity index is 1.60. The van der Waals surface area contributed by atoms with Gasteiger partial charge in [0.25, 0.3) is 0 Å². The monoisotopic (exact) mass is 396 g/mol. The van der Waals surface area contributed by atoms with E-state index in [0.717, 1.165) is 44.5 Å². The Labute approximate surface area is 171 Å². The van der Waals surface area contributed by atoms with Crippen LogP contribution in [0, 0.1) is 5.41 Å². The molecular weight excluding hydrogens is 368 g/mol. The number of anilines is 1.